The summed E-state index contributed by atoms with van der Waals surface area (Å²) in [5, 5.41) is 10.9. The highest BCUT2D eigenvalue weighted by Crippen LogP contribution is 2.36. The molecule has 0 spiro atoms. The second-order valence-electron chi connectivity index (χ2n) is 4.54. The van der Waals surface area contributed by atoms with E-state index in [0.29, 0.717) is 10.4 Å². The van der Waals surface area contributed by atoms with Gasteiger partial charge in [0.1, 0.15) is 0 Å². The van der Waals surface area contributed by atoms with Gasteiger partial charge in [-0.05, 0) is 46.3 Å². The number of nitro benzene ring substituents is 1. The predicted molar refractivity (Wildman–Crippen MR) is 69.7 cm³/mol. The second kappa shape index (κ2) is 5.14. The number of nitrogens with two attached hydrogens (primary N) is 1. The molecule has 1 aliphatic rings. The Morgan fingerprint density at radius 3 is 2.65 bits per heavy atom. The number of benzene rings is 1. The van der Waals surface area contributed by atoms with E-state index in [1.807, 2.05) is 6.07 Å². The van der Waals surface area contributed by atoms with Gasteiger partial charge in [-0.1, -0.05) is 18.9 Å². The van der Waals surface area contributed by atoms with Crippen LogP contribution in [0, 0.1) is 16.0 Å². The minimum absolute atomic E-state index is 0.0794. The van der Waals surface area contributed by atoms with Crippen molar-refractivity contribution in [3.63, 3.8) is 0 Å². The summed E-state index contributed by atoms with van der Waals surface area (Å²) in [7, 11) is 0. The molecule has 1 saturated carbocycles. The summed E-state index contributed by atoms with van der Waals surface area (Å²) in [6.45, 7) is 0. The van der Waals surface area contributed by atoms with Crippen molar-refractivity contribution in [2.75, 3.05) is 0 Å². The van der Waals surface area contributed by atoms with Crippen LogP contribution in [0.3, 0.4) is 0 Å². The SMILES string of the molecule is N[C@@H](c1ccc(Br)c([N+](=O)[O-])c1)C1CCCC1. The Morgan fingerprint density at radius 2 is 2.06 bits per heavy atom. The van der Waals surface area contributed by atoms with Gasteiger partial charge in [0, 0.05) is 12.1 Å². The number of nitrogens with zero attached hydrogens (tertiary/aromatic N) is 1. The topological polar surface area (TPSA) is 69.2 Å². The van der Waals surface area contributed by atoms with Crippen molar-refractivity contribution >= 4 is 21.6 Å². The fourth-order valence-electron chi connectivity index (χ4n) is 2.47. The fourth-order valence-corrected chi connectivity index (χ4v) is 2.86. The standard InChI is InChI=1S/C12H15BrN2O2/c13-10-6-5-9(7-11(10)15(16)17)12(14)8-3-1-2-4-8/h5-8,12H,1-4,14H2/t12-/m1/s1. The van der Waals surface area contributed by atoms with Crippen molar-refractivity contribution in [3.8, 4) is 0 Å². The molecule has 1 aliphatic carbocycles. The van der Waals surface area contributed by atoms with Gasteiger partial charge in [0.25, 0.3) is 5.69 Å². The molecule has 1 aromatic rings. The van der Waals surface area contributed by atoms with Gasteiger partial charge in [0.05, 0.1) is 9.40 Å². The van der Waals surface area contributed by atoms with Crippen molar-refractivity contribution in [1.82, 2.24) is 0 Å². The summed E-state index contributed by atoms with van der Waals surface area (Å²) in [6.07, 6.45) is 4.70. The first-order valence-corrected chi connectivity index (χ1v) is 6.58. The van der Waals surface area contributed by atoms with Gasteiger partial charge in [0.15, 0.2) is 0 Å². The van der Waals surface area contributed by atoms with Gasteiger partial charge in [-0.3, -0.25) is 10.1 Å². The lowest BCUT2D eigenvalue weighted by Gasteiger charge is -2.19. The third-order valence-corrected chi connectivity index (χ3v) is 4.13. The van der Waals surface area contributed by atoms with Crippen molar-refractivity contribution in [3.05, 3.63) is 38.3 Å². The lowest BCUT2D eigenvalue weighted by atomic mass is 9.92. The molecule has 0 saturated heterocycles. The van der Waals surface area contributed by atoms with E-state index < -0.39 is 0 Å². The van der Waals surface area contributed by atoms with Crippen LogP contribution < -0.4 is 5.73 Å². The first-order valence-electron chi connectivity index (χ1n) is 5.79. The van der Waals surface area contributed by atoms with Crippen LogP contribution in [-0.2, 0) is 0 Å². The molecule has 5 heteroatoms. The van der Waals surface area contributed by atoms with Crippen LogP contribution in [0.15, 0.2) is 22.7 Å². The van der Waals surface area contributed by atoms with Crippen LogP contribution in [0.4, 0.5) is 5.69 Å². The van der Waals surface area contributed by atoms with Crippen molar-refractivity contribution in [1.29, 1.82) is 0 Å². The zero-order valence-corrected chi connectivity index (χ0v) is 11.0. The molecule has 17 heavy (non-hydrogen) atoms. The third-order valence-electron chi connectivity index (χ3n) is 3.46. The van der Waals surface area contributed by atoms with Gasteiger partial charge in [0.2, 0.25) is 0 Å². The summed E-state index contributed by atoms with van der Waals surface area (Å²) < 4.78 is 0.505. The molecule has 4 nitrogen and oxygen atoms in total. The van der Waals surface area contributed by atoms with Crippen LogP contribution in [0.25, 0.3) is 0 Å². The lowest BCUT2D eigenvalue weighted by molar-refractivity contribution is -0.385. The minimum Gasteiger partial charge on any atom is -0.324 e. The van der Waals surface area contributed by atoms with Crippen LogP contribution >= 0.6 is 15.9 Å². The fraction of sp³-hybridized carbons (Fsp3) is 0.500. The molecule has 92 valence electrons. The monoisotopic (exact) mass is 298 g/mol. The molecule has 1 atom stereocenters. The van der Waals surface area contributed by atoms with E-state index in [4.69, 9.17) is 5.73 Å². The highest BCUT2D eigenvalue weighted by Gasteiger charge is 2.25. The Balaban J connectivity index is 2.26. The molecular formula is C12H15BrN2O2. The number of halogens is 1. The van der Waals surface area contributed by atoms with Crippen LogP contribution in [0.5, 0.6) is 0 Å². The molecule has 0 heterocycles. The van der Waals surface area contributed by atoms with Crippen molar-refractivity contribution in [2.24, 2.45) is 11.7 Å². The Kier molecular flexibility index (Phi) is 3.79. The van der Waals surface area contributed by atoms with Gasteiger partial charge < -0.3 is 5.73 Å². The number of hydrogen-bond donors (Lipinski definition) is 1. The van der Waals surface area contributed by atoms with Gasteiger partial charge in [-0.2, -0.15) is 0 Å². The Morgan fingerprint density at radius 1 is 1.41 bits per heavy atom. The maximum atomic E-state index is 10.9. The van der Waals surface area contributed by atoms with Gasteiger partial charge in [-0.25, -0.2) is 0 Å². The molecule has 0 bridgehead atoms. The highest BCUT2D eigenvalue weighted by atomic mass is 79.9. The maximum Gasteiger partial charge on any atom is 0.283 e. The lowest BCUT2D eigenvalue weighted by Crippen LogP contribution is -2.19. The van der Waals surface area contributed by atoms with Crippen LogP contribution in [0.2, 0.25) is 0 Å². The molecule has 0 unspecified atom stereocenters. The average molecular weight is 299 g/mol. The zero-order chi connectivity index (χ0) is 12.4. The van der Waals surface area contributed by atoms with Crippen LogP contribution in [-0.4, -0.2) is 4.92 Å². The molecule has 1 fully saturated rings. The Hall–Kier alpha value is -0.940. The Labute approximate surface area is 108 Å². The summed E-state index contributed by atoms with van der Waals surface area (Å²) in [6, 6.07) is 5.10. The minimum atomic E-state index is -0.380. The maximum absolute atomic E-state index is 10.9. The smallest absolute Gasteiger partial charge is 0.283 e. The molecule has 0 aromatic heterocycles. The van der Waals surface area contributed by atoms with Crippen molar-refractivity contribution < 1.29 is 4.92 Å². The molecule has 2 rings (SSSR count). The normalized spacial score (nSPS) is 18.2. The third kappa shape index (κ3) is 2.66. The Bertz CT molecular complexity index is 431. The van der Waals surface area contributed by atoms with E-state index in [9.17, 15) is 10.1 Å². The predicted octanol–water partition coefficient (Wildman–Crippen LogP) is 3.55. The van der Waals surface area contributed by atoms with E-state index in [0.717, 1.165) is 18.4 Å². The second-order valence-corrected chi connectivity index (χ2v) is 5.39. The zero-order valence-electron chi connectivity index (χ0n) is 9.43. The quantitative estimate of drug-likeness (QED) is 0.685. The molecule has 0 aliphatic heterocycles. The number of nitro groups is 1. The molecule has 2 N–H and O–H groups in total. The number of hydrogen-bond acceptors (Lipinski definition) is 3. The van der Waals surface area contributed by atoms with E-state index in [1.165, 1.54) is 12.8 Å². The van der Waals surface area contributed by atoms with Gasteiger partial charge in [-0.15, -0.1) is 0 Å². The van der Waals surface area contributed by atoms with Gasteiger partial charge >= 0.3 is 0 Å². The molecular weight excluding hydrogens is 284 g/mol. The molecule has 1 aromatic carbocycles. The van der Waals surface area contributed by atoms with Crippen LogP contribution in [0.1, 0.15) is 37.3 Å². The van der Waals surface area contributed by atoms with E-state index >= 15 is 0 Å². The molecule has 0 amide bonds. The average Bonchev–Trinajstić information content (AvgIpc) is 2.81. The van der Waals surface area contributed by atoms with Crippen molar-refractivity contribution in [2.45, 2.75) is 31.7 Å². The summed E-state index contributed by atoms with van der Waals surface area (Å²) >= 11 is 3.18. The van der Waals surface area contributed by atoms with E-state index in [-0.39, 0.29) is 16.7 Å². The van der Waals surface area contributed by atoms with E-state index in [2.05, 4.69) is 15.9 Å². The summed E-state index contributed by atoms with van der Waals surface area (Å²) in [5.74, 6) is 0.468. The highest BCUT2D eigenvalue weighted by molar-refractivity contribution is 9.10. The molecule has 0 radical (unpaired) electrons. The summed E-state index contributed by atoms with van der Waals surface area (Å²) in [5.41, 5.74) is 7.14. The largest absolute Gasteiger partial charge is 0.324 e. The first-order chi connectivity index (χ1) is 8.09. The summed E-state index contributed by atoms with van der Waals surface area (Å²) in [4.78, 5) is 10.5. The van der Waals surface area contributed by atoms with E-state index in [1.54, 1.807) is 12.1 Å². The first kappa shape index (κ1) is 12.5. The number of rotatable bonds is 3.